The van der Waals surface area contributed by atoms with Crippen LogP contribution in [0, 0.1) is 0 Å². The Morgan fingerprint density at radius 1 is 1.07 bits per heavy atom. The van der Waals surface area contributed by atoms with Crippen LogP contribution in [0.3, 0.4) is 0 Å². The molecule has 0 bridgehead atoms. The Labute approximate surface area is 180 Å². The molecule has 0 aliphatic rings. The van der Waals surface area contributed by atoms with E-state index in [2.05, 4.69) is 47.7 Å². The molecule has 0 amide bonds. The molecule has 0 aliphatic heterocycles. The quantitative estimate of drug-likeness (QED) is 0.283. The minimum atomic E-state index is -0.680. The number of nitrogens with one attached hydrogen (secondary N) is 2. The Bertz CT molecular complexity index is 709. The van der Waals surface area contributed by atoms with Crippen molar-refractivity contribution in [2.75, 3.05) is 13.1 Å². The Morgan fingerprint density at radius 2 is 1.78 bits per heavy atom. The summed E-state index contributed by atoms with van der Waals surface area (Å²) in [5.41, 5.74) is 1.40. The molecule has 2 aromatic rings. The summed E-state index contributed by atoms with van der Waals surface area (Å²) in [5.74, 6) is 0.728. The van der Waals surface area contributed by atoms with Crippen molar-refractivity contribution in [3.63, 3.8) is 0 Å². The summed E-state index contributed by atoms with van der Waals surface area (Å²) in [6.45, 7) is 8.08. The molecular formula is C21H33IN4O. The third-order valence-electron chi connectivity index (χ3n) is 4.48. The maximum absolute atomic E-state index is 10.8. The van der Waals surface area contributed by atoms with Gasteiger partial charge in [-0.3, -0.25) is 4.98 Å². The molecule has 0 aliphatic carbocycles. The summed E-state index contributed by atoms with van der Waals surface area (Å²) in [7, 11) is 0. The Hall–Kier alpha value is -1.41. The highest BCUT2D eigenvalue weighted by atomic mass is 127. The van der Waals surface area contributed by atoms with Crippen molar-refractivity contribution in [2.45, 2.75) is 58.6 Å². The van der Waals surface area contributed by atoms with Crippen molar-refractivity contribution in [1.82, 2.24) is 15.6 Å². The van der Waals surface area contributed by atoms with Crippen LogP contribution in [-0.4, -0.2) is 34.7 Å². The molecule has 0 saturated heterocycles. The number of hydrogen-bond acceptors (Lipinski definition) is 3. The highest BCUT2D eigenvalue weighted by molar-refractivity contribution is 14.0. The lowest BCUT2D eigenvalue weighted by molar-refractivity contribution is 0.0257. The van der Waals surface area contributed by atoms with Gasteiger partial charge in [0, 0.05) is 24.7 Å². The van der Waals surface area contributed by atoms with Gasteiger partial charge in [-0.15, -0.1) is 24.0 Å². The zero-order chi connectivity index (χ0) is 18.8. The molecule has 5 nitrogen and oxygen atoms in total. The normalized spacial score (nSPS) is 11.9. The molecule has 0 atom stereocenters. The molecule has 150 valence electrons. The number of pyridine rings is 1. The SMILES string of the molecule is CCCC(O)(CCC)CNC(=NCc1cccc2cccnc12)NCC.I. The van der Waals surface area contributed by atoms with E-state index in [0.29, 0.717) is 13.1 Å². The summed E-state index contributed by atoms with van der Waals surface area (Å²) in [5, 5.41) is 18.5. The number of benzene rings is 1. The average Bonchev–Trinajstić information content (AvgIpc) is 2.64. The monoisotopic (exact) mass is 484 g/mol. The van der Waals surface area contributed by atoms with Gasteiger partial charge in [0.05, 0.1) is 17.7 Å². The van der Waals surface area contributed by atoms with Gasteiger partial charge in [-0.1, -0.05) is 51.0 Å². The third-order valence-corrected chi connectivity index (χ3v) is 4.48. The summed E-state index contributed by atoms with van der Waals surface area (Å²) in [4.78, 5) is 9.19. The highest BCUT2D eigenvalue weighted by Gasteiger charge is 2.24. The Balaban J connectivity index is 0.00000364. The smallest absolute Gasteiger partial charge is 0.191 e. The van der Waals surface area contributed by atoms with Gasteiger partial charge in [-0.25, -0.2) is 4.99 Å². The van der Waals surface area contributed by atoms with Crippen molar-refractivity contribution in [3.8, 4) is 0 Å². The molecule has 0 unspecified atom stereocenters. The van der Waals surface area contributed by atoms with Crippen LogP contribution < -0.4 is 10.6 Å². The Morgan fingerprint density at radius 3 is 2.44 bits per heavy atom. The Kier molecular flexibility index (Phi) is 10.6. The second kappa shape index (κ2) is 12.1. The molecule has 3 N–H and O–H groups in total. The van der Waals surface area contributed by atoms with Gasteiger partial charge in [-0.05, 0) is 31.4 Å². The molecule has 0 radical (unpaired) electrons. The number of aliphatic hydroxyl groups is 1. The molecule has 0 saturated carbocycles. The zero-order valence-electron chi connectivity index (χ0n) is 16.7. The second-order valence-corrected chi connectivity index (χ2v) is 6.77. The molecule has 2 rings (SSSR count). The molecular weight excluding hydrogens is 451 g/mol. The first-order chi connectivity index (χ1) is 12.6. The van der Waals surface area contributed by atoms with E-state index in [1.807, 2.05) is 25.3 Å². The molecule has 27 heavy (non-hydrogen) atoms. The first-order valence-electron chi connectivity index (χ1n) is 9.69. The van der Waals surface area contributed by atoms with Crippen molar-refractivity contribution in [3.05, 3.63) is 42.1 Å². The van der Waals surface area contributed by atoms with E-state index >= 15 is 0 Å². The van der Waals surface area contributed by atoms with E-state index in [9.17, 15) is 5.11 Å². The summed E-state index contributed by atoms with van der Waals surface area (Å²) in [6.07, 6.45) is 5.33. The molecule has 1 aromatic carbocycles. The van der Waals surface area contributed by atoms with Crippen LogP contribution in [0.1, 0.15) is 52.0 Å². The summed E-state index contributed by atoms with van der Waals surface area (Å²) in [6, 6.07) is 10.2. The number of aliphatic imine (C=N–C) groups is 1. The predicted octanol–water partition coefficient (Wildman–Crippen LogP) is 4.24. The van der Waals surface area contributed by atoms with E-state index in [0.717, 1.165) is 54.7 Å². The van der Waals surface area contributed by atoms with Crippen molar-refractivity contribution < 1.29 is 5.11 Å². The lowest BCUT2D eigenvalue weighted by atomic mass is 9.93. The van der Waals surface area contributed by atoms with Crippen LogP contribution >= 0.6 is 24.0 Å². The minimum Gasteiger partial charge on any atom is -0.388 e. The average molecular weight is 484 g/mol. The summed E-state index contributed by atoms with van der Waals surface area (Å²) < 4.78 is 0. The van der Waals surface area contributed by atoms with Crippen molar-refractivity contribution in [2.24, 2.45) is 4.99 Å². The van der Waals surface area contributed by atoms with Crippen LogP contribution in [0.5, 0.6) is 0 Å². The van der Waals surface area contributed by atoms with E-state index < -0.39 is 5.60 Å². The number of fused-ring (bicyclic) bond motifs is 1. The fourth-order valence-electron chi connectivity index (χ4n) is 3.28. The number of rotatable bonds is 9. The van der Waals surface area contributed by atoms with Crippen molar-refractivity contribution in [1.29, 1.82) is 0 Å². The molecule has 0 fully saturated rings. The molecule has 1 aromatic heterocycles. The third kappa shape index (κ3) is 7.25. The minimum absolute atomic E-state index is 0. The van der Waals surface area contributed by atoms with Crippen LogP contribution in [0.15, 0.2) is 41.5 Å². The van der Waals surface area contributed by atoms with Gasteiger partial charge in [0.1, 0.15) is 0 Å². The lowest BCUT2D eigenvalue weighted by Crippen LogP contribution is -2.47. The number of aromatic nitrogens is 1. The maximum atomic E-state index is 10.8. The topological polar surface area (TPSA) is 69.5 Å². The zero-order valence-corrected chi connectivity index (χ0v) is 19.0. The van der Waals surface area contributed by atoms with Gasteiger partial charge >= 0.3 is 0 Å². The van der Waals surface area contributed by atoms with Gasteiger partial charge in [0.15, 0.2) is 5.96 Å². The van der Waals surface area contributed by atoms with Crippen LogP contribution in [0.2, 0.25) is 0 Å². The first-order valence-corrected chi connectivity index (χ1v) is 9.69. The lowest BCUT2D eigenvalue weighted by Gasteiger charge is -2.28. The van der Waals surface area contributed by atoms with Gasteiger partial charge in [0.25, 0.3) is 0 Å². The number of guanidine groups is 1. The predicted molar refractivity (Wildman–Crippen MR) is 125 cm³/mol. The largest absolute Gasteiger partial charge is 0.388 e. The number of hydrogen-bond donors (Lipinski definition) is 3. The highest BCUT2D eigenvalue weighted by Crippen LogP contribution is 2.19. The maximum Gasteiger partial charge on any atom is 0.191 e. The van der Waals surface area contributed by atoms with Crippen LogP contribution in [0.4, 0.5) is 0 Å². The second-order valence-electron chi connectivity index (χ2n) is 6.77. The molecule has 6 heteroatoms. The number of halogens is 1. The molecule has 0 spiro atoms. The molecule has 1 heterocycles. The van der Waals surface area contributed by atoms with E-state index in [1.54, 1.807) is 0 Å². The van der Waals surface area contributed by atoms with Crippen molar-refractivity contribution >= 4 is 40.8 Å². The van der Waals surface area contributed by atoms with Crippen LogP contribution in [-0.2, 0) is 6.54 Å². The van der Waals surface area contributed by atoms with E-state index in [4.69, 9.17) is 4.99 Å². The van der Waals surface area contributed by atoms with E-state index in [-0.39, 0.29) is 24.0 Å². The van der Waals surface area contributed by atoms with Gasteiger partial charge in [-0.2, -0.15) is 0 Å². The number of para-hydroxylation sites is 1. The number of nitrogens with zero attached hydrogens (tertiary/aromatic N) is 2. The van der Waals surface area contributed by atoms with E-state index in [1.165, 1.54) is 0 Å². The fourth-order valence-corrected chi connectivity index (χ4v) is 3.28. The standard InChI is InChI=1S/C21H32N4O.HI/c1-4-12-21(26,13-5-2)16-25-20(22-6-3)24-15-18-10-7-9-17-11-8-14-23-19(17)18;/h7-11,14,26H,4-6,12-13,15-16H2,1-3H3,(H2,22,24,25);1H. The van der Waals surface area contributed by atoms with Gasteiger partial charge < -0.3 is 15.7 Å². The first kappa shape index (κ1) is 23.6. The van der Waals surface area contributed by atoms with Crippen LogP contribution in [0.25, 0.3) is 10.9 Å². The van der Waals surface area contributed by atoms with Gasteiger partial charge in [0.2, 0.25) is 0 Å². The summed E-state index contributed by atoms with van der Waals surface area (Å²) >= 11 is 0. The fraction of sp³-hybridized carbons (Fsp3) is 0.524.